The molecule has 1 aromatic carbocycles. The van der Waals surface area contributed by atoms with E-state index in [0.29, 0.717) is 23.7 Å². The molecule has 1 aromatic rings. The van der Waals surface area contributed by atoms with Crippen molar-refractivity contribution in [2.45, 2.75) is 11.7 Å². The number of anilines is 2. The Kier molecular flexibility index (Phi) is 3.18. The van der Waals surface area contributed by atoms with Gasteiger partial charge in [0, 0.05) is 18.2 Å². The maximum atomic E-state index is 11.7. The van der Waals surface area contributed by atoms with Gasteiger partial charge in [0.2, 0.25) is 5.91 Å². The number of nitrogen functional groups attached to an aromatic ring is 1. The molecule has 0 saturated carbocycles. The van der Waals surface area contributed by atoms with E-state index in [1.165, 1.54) is 0 Å². The molecule has 1 atom stereocenters. The van der Waals surface area contributed by atoms with Gasteiger partial charge in [-0.25, -0.2) is 0 Å². The highest BCUT2D eigenvalue weighted by molar-refractivity contribution is 7.81. The van der Waals surface area contributed by atoms with Gasteiger partial charge in [0.05, 0.1) is 22.0 Å². The lowest BCUT2D eigenvalue weighted by Gasteiger charge is -2.19. The second-order valence-electron chi connectivity index (χ2n) is 3.83. The molecule has 0 spiro atoms. The van der Waals surface area contributed by atoms with E-state index in [1.54, 1.807) is 17.0 Å². The van der Waals surface area contributed by atoms with Crippen molar-refractivity contribution in [2.75, 3.05) is 17.2 Å². The Morgan fingerprint density at radius 1 is 1.59 bits per heavy atom. The molecule has 1 aliphatic rings. The molecular formula is C11H10ClN3OS. The Balaban J connectivity index is 2.48. The number of amides is 1. The second-order valence-corrected chi connectivity index (χ2v) is 4.97. The molecule has 1 heterocycles. The first-order valence-corrected chi connectivity index (χ1v) is 5.90. The fourth-order valence-electron chi connectivity index (χ4n) is 1.85. The van der Waals surface area contributed by atoms with Crippen molar-refractivity contribution in [3.05, 3.63) is 22.7 Å². The monoisotopic (exact) mass is 267 g/mol. The number of nitriles is 1. The third-order valence-electron chi connectivity index (χ3n) is 2.68. The van der Waals surface area contributed by atoms with Gasteiger partial charge in [-0.3, -0.25) is 4.79 Å². The number of carbonyl (C=O) groups is 1. The number of carbonyl (C=O) groups excluding carboxylic acids is 1. The molecule has 0 radical (unpaired) electrons. The molecule has 0 bridgehead atoms. The summed E-state index contributed by atoms with van der Waals surface area (Å²) in [7, 11) is 0. The molecule has 1 saturated heterocycles. The molecule has 1 fully saturated rings. The Labute approximate surface area is 109 Å². The second kappa shape index (κ2) is 4.47. The summed E-state index contributed by atoms with van der Waals surface area (Å²) in [5, 5.41) is 9.25. The van der Waals surface area contributed by atoms with Gasteiger partial charge in [-0.15, -0.1) is 0 Å². The number of benzene rings is 1. The van der Waals surface area contributed by atoms with Crippen LogP contribution in [0.4, 0.5) is 11.4 Å². The maximum absolute atomic E-state index is 11.7. The highest BCUT2D eigenvalue weighted by Gasteiger charge is 2.30. The summed E-state index contributed by atoms with van der Waals surface area (Å²) in [6.07, 6.45) is 0.382. The van der Waals surface area contributed by atoms with Crippen LogP contribution < -0.4 is 10.6 Å². The highest BCUT2D eigenvalue weighted by Crippen LogP contribution is 2.34. The van der Waals surface area contributed by atoms with Crippen molar-refractivity contribution in [1.29, 1.82) is 5.26 Å². The Morgan fingerprint density at radius 3 is 2.82 bits per heavy atom. The van der Waals surface area contributed by atoms with Gasteiger partial charge in [0.25, 0.3) is 0 Å². The highest BCUT2D eigenvalue weighted by atomic mass is 35.5. The van der Waals surface area contributed by atoms with E-state index in [2.05, 4.69) is 12.6 Å². The van der Waals surface area contributed by atoms with Gasteiger partial charge in [0.1, 0.15) is 6.07 Å². The molecule has 2 N–H and O–H groups in total. The fraction of sp³-hybridized carbons (Fsp3) is 0.273. The van der Waals surface area contributed by atoms with E-state index in [1.807, 2.05) is 6.07 Å². The standard InChI is InChI=1S/C11H10ClN3OS/c12-8-1-2-9(11(14)7(8)4-13)15-5-6(17)3-10(15)16/h1-2,6,17H,3,5,14H2. The number of nitrogens with zero attached hydrogens (tertiary/aromatic N) is 2. The molecule has 6 heteroatoms. The lowest BCUT2D eigenvalue weighted by Crippen LogP contribution is -2.25. The van der Waals surface area contributed by atoms with Crippen LogP contribution in [0, 0.1) is 11.3 Å². The smallest absolute Gasteiger partial charge is 0.228 e. The first-order chi connectivity index (χ1) is 8.04. The van der Waals surface area contributed by atoms with E-state index in [4.69, 9.17) is 22.6 Å². The van der Waals surface area contributed by atoms with Crippen molar-refractivity contribution < 1.29 is 4.79 Å². The summed E-state index contributed by atoms with van der Waals surface area (Å²) in [6, 6.07) is 5.17. The van der Waals surface area contributed by atoms with Crippen LogP contribution in [0.2, 0.25) is 5.02 Å². The molecule has 4 nitrogen and oxygen atoms in total. The number of rotatable bonds is 1. The molecule has 1 amide bonds. The van der Waals surface area contributed by atoms with Crippen LogP contribution >= 0.6 is 24.2 Å². The first kappa shape index (κ1) is 12.1. The molecule has 1 unspecified atom stereocenters. The van der Waals surface area contributed by atoms with Gasteiger partial charge >= 0.3 is 0 Å². The van der Waals surface area contributed by atoms with Crippen LogP contribution in [0.5, 0.6) is 0 Å². The molecule has 2 rings (SSSR count). The Bertz CT molecular complexity index is 526. The molecule has 0 aliphatic carbocycles. The van der Waals surface area contributed by atoms with Crippen molar-refractivity contribution in [3.63, 3.8) is 0 Å². The first-order valence-electron chi connectivity index (χ1n) is 5.01. The van der Waals surface area contributed by atoms with E-state index in [0.717, 1.165) is 0 Å². The average Bonchev–Trinajstić information content (AvgIpc) is 2.59. The summed E-state index contributed by atoms with van der Waals surface area (Å²) < 4.78 is 0. The minimum absolute atomic E-state index is 0.00288. The van der Waals surface area contributed by atoms with E-state index >= 15 is 0 Å². The number of hydrogen-bond donors (Lipinski definition) is 2. The summed E-state index contributed by atoms with van der Waals surface area (Å²) in [5.74, 6) is -0.0390. The van der Waals surface area contributed by atoms with E-state index < -0.39 is 0 Å². The maximum Gasteiger partial charge on any atom is 0.228 e. The number of halogens is 1. The van der Waals surface area contributed by atoms with E-state index in [9.17, 15) is 4.79 Å². The average molecular weight is 268 g/mol. The lowest BCUT2D eigenvalue weighted by molar-refractivity contribution is -0.117. The molecule has 17 heavy (non-hydrogen) atoms. The summed E-state index contributed by atoms with van der Waals surface area (Å²) >= 11 is 10.1. The van der Waals surface area contributed by atoms with E-state index in [-0.39, 0.29) is 22.4 Å². The predicted molar refractivity (Wildman–Crippen MR) is 70.3 cm³/mol. The zero-order valence-electron chi connectivity index (χ0n) is 8.85. The number of thiol groups is 1. The van der Waals surface area contributed by atoms with Gasteiger partial charge in [-0.1, -0.05) is 11.6 Å². The third-order valence-corrected chi connectivity index (χ3v) is 3.34. The van der Waals surface area contributed by atoms with Gasteiger partial charge in [0.15, 0.2) is 0 Å². The molecule has 0 aromatic heterocycles. The topological polar surface area (TPSA) is 70.1 Å². The van der Waals surface area contributed by atoms with Crippen LogP contribution in [0.1, 0.15) is 12.0 Å². The van der Waals surface area contributed by atoms with Crippen LogP contribution in [-0.2, 0) is 4.79 Å². The molecule has 1 aliphatic heterocycles. The number of nitrogens with two attached hydrogens (primary N) is 1. The SMILES string of the molecule is N#Cc1c(Cl)ccc(N2CC(S)CC2=O)c1N. The minimum atomic E-state index is -0.0390. The lowest BCUT2D eigenvalue weighted by atomic mass is 10.1. The largest absolute Gasteiger partial charge is 0.396 e. The zero-order chi connectivity index (χ0) is 12.6. The summed E-state index contributed by atoms with van der Waals surface area (Å²) in [4.78, 5) is 13.3. The fourth-order valence-corrected chi connectivity index (χ4v) is 2.38. The normalized spacial score (nSPS) is 19.5. The van der Waals surface area contributed by atoms with Gasteiger partial charge in [-0.05, 0) is 12.1 Å². The summed E-state index contributed by atoms with van der Waals surface area (Å²) in [6.45, 7) is 0.499. The van der Waals surface area contributed by atoms with Crippen LogP contribution in [0.15, 0.2) is 12.1 Å². The molecular weight excluding hydrogens is 258 g/mol. The van der Waals surface area contributed by atoms with Crippen LogP contribution in [-0.4, -0.2) is 17.7 Å². The van der Waals surface area contributed by atoms with Gasteiger partial charge in [-0.2, -0.15) is 17.9 Å². The van der Waals surface area contributed by atoms with Crippen molar-refractivity contribution in [2.24, 2.45) is 0 Å². The quantitative estimate of drug-likeness (QED) is 0.602. The zero-order valence-corrected chi connectivity index (χ0v) is 10.5. The van der Waals surface area contributed by atoms with Crippen LogP contribution in [0.3, 0.4) is 0 Å². The van der Waals surface area contributed by atoms with Crippen molar-refractivity contribution in [3.8, 4) is 6.07 Å². The summed E-state index contributed by atoms with van der Waals surface area (Å²) in [5.41, 5.74) is 6.85. The minimum Gasteiger partial charge on any atom is -0.396 e. The third kappa shape index (κ3) is 2.06. The van der Waals surface area contributed by atoms with Gasteiger partial charge < -0.3 is 10.6 Å². The number of hydrogen-bond acceptors (Lipinski definition) is 4. The van der Waals surface area contributed by atoms with Crippen molar-refractivity contribution >= 4 is 41.5 Å². The predicted octanol–water partition coefficient (Wildman–Crippen LogP) is 1.83. The Hall–Kier alpha value is -1.38. The Morgan fingerprint density at radius 2 is 2.29 bits per heavy atom. The van der Waals surface area contributed by atoms with Crippen molar-refractivity contribution in [1.82, 2.24) is 0 Å². The molecule has 88 valence electrons. The van der Waals surface area contributed by atoms with Crippen LogP contribution in [0.25, 0.3) is 0 Å².